The van der Waals surface area contributed by atoms with E-state index in [0.717, 1.165) is 25.3 Å². The second-order valence-corrected chi connectivity index (χ2v) is 8.34. The van der Waals surface area contributed by atoms with Crippen molar-refractivity contribution in [2.75, 3.05) is 5.32 Å². The van der Waals surface area contributed by atoms with Gasteiger partial charge in [-0.15, -0.1) is 11.8 Å². The normalized spacial score (nSPS) is 19.1. The third-order valence-electron chi connectivity index (χ3n) is 4.62. The number of hydrogen-bond acceptors (Lipinski definition) is 3. The molecule has 0 aliphatic heterocycles. The number of thioether (sulfide) groups is 1. The summed E-state index contributed by atoms with van der Waals surface area (Å²) in [6, 6.07) is 8.03. The van der Waals surface area contributed by atoms with Gasteiger partial charge in [0.05, 0.1) is 5.02 Å². The number of anilines is 1. The third kappa shape index (κ3) is 4.87. The highest BCUT2D eigenvalue weighted by Gasteiger charge is 2.29. The lowest BCUT2D eigenvalue weighted by Gasteiger charge is -2.12. The fourth-order valence-corrected chi connectivity index (χ4v) is 4.61. The van der Waals surface area contributed by atoms with Crippen molar-refractivity contribution in [3.63, 3.8) is 0 Å². The van der Waals surface area contributed by atoms with E-state index in [9.17, 15) is 18.4 Å². The maximum atomic E-state index is 14.2. The monoisotopic (exact) mass is 409 g/mol. The van der Waals surface area contributed by atoms with Gasteiger partial charge in [0, 0.05) is 27.3 Å². The van der Waals surface area contributed by atoms with Crippen LogP contribution in [0.15, 0.2) is 41.3 Å². The highest BCUT2D eigenvalue weighted by molar-refractivity contribution is 8.00. The molecule has 0 aromatic heterocycles. The van der Waals surface area contributed by atoms with Crippen LogP contribution < -0.4 is 5.32 Å². The van der Waals surface area contributed by atoms with Gasteiger partial charge in [-0.3, -0.25) is 9.59 Å². The molecule has 1 aliphatic carbocycles. The molecule has 1 N–H and O–H groups in total. The number of Topliss-reactive ketones (excluding diaryl/α,β-unsaturated/α-hetero) is 1. The molecule has 27 heavy (non-hydrogen) atoms. The summed E-state index contributed by atoms with van der Waals surface area (Å²) >= 11 is 7.08. The van der Waals surface area contributed by atoms with E-state index in [1.807, 2.05) is 0 Å². The van der Waals surface area contributed by atoms with Crippen LogP contribution in [0.1, 0.15) is 36.5 Å². The quantitative estimate of drug-likeness (QED) is 0.686. The van der Waals surface area contributed by atoms with Crippen LogP contribution in [-0.2, 0) is 4.79 Å². The molecule has 2 aromatic rings. The molecule has 1 fully saturated rings. The molecular weight excluding hydrogens is 392 g/mol. The summed E-state index contributed by atoms with van der Waals surface area (Å²) in [6.07, 6.45) is 2.39. The molecule has 0 bridgehead atoms. The van der Waals surface area contributed by atoms with Gasteiger partial charge in [0.15, 0.2) is 0 Å². The first kappa shape index (κ1) is 19.8. The number of carbonyl (C=O) groups is 2. The molecule has 0 saturated heterocycles. The highest BCUT2D eigenvalue weighted by atomic mass is 35.5. The Bertz CT molecular complexity index is 890. The molecule has 1 saturated carbocycles. The Kier molecular flexibility index (Phi) is 6.17. The average Bonchev–Trinajstić information content (AvgIpc) is 3.09. The van der Waals surface area contributed by atoms with Crippen molar-refractivity contribution in [1.82, 2.24) is 0 Å². The molecule has 142 valence electrons. The van der Waals surface area contributed by atoms with Crippen LogP contribution in [0.25, 0.3) is 0 Å². The maximum absolute atomic E-state index is 14.2. The van der Waals surface area contributed by atoms with Crippen molar-refractivity contribution in [3.8, 4) is 0 Å². The van der Waals surface area contributed by atoms with Crippen molar-refractivity contribution in [2.45, 2.75) is 36.3 Å². The van der Waals surface area contributed by atoms with Crippen molar-refractivity contribution in [3.05, 3.63) is 58.6 Å². The number of benzene rings is 2. The first-order valence-electron chi connectivity index (χ1n) is 8.56. The number of hydrogen-bond donors (Lipinski definition) is 1. The number of nitrogens with one attached hydrogen (secondary N) is 1. The smallest absolute Gasteiger partial charge is 0.255 e. The Morgan fingerprint density at radius 2 is 1.85 bits per heavy atom. The van der Waals surface area contributed by atoms with Crippen LogP contribution in [0.5, 0.6) is 0 Å². The first-order valence-corrected chi connectivity index (χ1v) is 9.82. The van der Waals surface area contributed by atoms with Gasteiger partial charge >= 0.3 is 0 Å². The molecule has 2 atom stereocenters. The fraction of sp³-hybridized carbons (Fsp3) is 0.300. The third-order valence-corrected chi connectivity index (χ3v) is 6.24. The van der Waals surface area contributed by atoms with Crippen molar-refractivity contribution >= 4 is 40.7 Å². The summed E-state index contributed by atoms with van der Waals surface area (Å²) in [7, 11) is 0. The van der Waals surface area contributed by atoms with Gasteiger partial charge in [-0.05, 0) is 62.6 Å². The van der Waals surface area contributed by atoms with Crippen molar-refractivity contribution in [2.24, 2.45) is 5.92 Å². The molecule has 1 aliphatic rings. The summed E-state index contributed by atoms with van der Waals surface area (Å²) in [5.74, 6) is -1.19. The molecule has 0 radical (unpaired) electrons. The number of ketones is 1. The summed E-state index contributed by atoms with van der Waals surface area (Å²) in [6.45, 7) is 1.59. The molecule has 0 spiro atoms. The lowest BCUT2D eigenvalue weighted by molar-refractivity contribution is -0.120. The molecule has 7 heteroatoms. The molecular formula is C20H18ClF2NO2S. The summed E-state index contributed by atoms with van der Waals surface area (Å²) in [4.78, 5) is 24.3. The van der Waals surface area contributed by atoms with Crippen LogP contribution in [0.4, 0.5) is 14.5 Å². The van der Waals surface area contributed by atoms with E-state index in [-0.39, 0.29) is 22.0 Å². The SMILES string of the molecule is CC(=O)C1CCC(Sc2cc(C(=O)Nc3ccc(F)c(Cl)c3)ccc2F)C1. The van der Waals surface area contributed by atoms with E-state index in [4.69, 9.17) is 11.6 Å². The van der Waals surface area contributed by atoms with Gasteiger partial charge < -0.3 is 5.32 Å². The van der Waals surface area contributed by atoms with Gasteiger partial charge in [0.25, 0.3) is 5.91 Å². The van der Waals surface area contributed by atoms with E-state index < -0.39 is 17.5 Å². The second-order valence-electron chi connectivity index (χ2n) is 6.59. The number of rotatable bonds is 5. The second kappa shape index (κ2) is 8.40. The Labute approximate surface area is 165 Å². The standard InChI is InChI=1S/C20H18ClF2NO2S/c1-11(25)12-2-5-15(8-12)27-19-9-13(3-6-18(19)23)20(26)24-14-4-7-17(22)16(21)10-14/h3-4,6-7,9-10,12,15H,2,5,8H2,1H3,(H,24,26). The van der Waals surface area contributed by atoms with Gasteiger partial charge in [-0.2, -0.15) is 0 Å². The van der Waals surface area contributed by atoms with Gasteiger partial charge in [-0.25, -0.2) is 8.78 Å². The minimum Gasteiger partial charge on any atom is -0.322 e. The summed E-state index contributed by atoms with van der Waals surface area (Å²) < 4.78 is 27.4. The molecule has 1 amide bonds. The van der Waals surface area contributed by atoms with Gasteiger partial charge in [0.1, 0.15) is 17.4 Å². The molecule has 3 rings (SSSR count). The largest absolute Gasteiger partial charge is 0.322 e. The van der Waals surface area contributed by atoms with Crippen molar-refractivity contribution < 1.29 is 18.4 Å². The van der Waals surface area contributed by atoms with E-state index in [0.29, 0.717) is 16.1 Å². The van der Waals surface area contributed by atoms with Crippen LogP contribution in [0, 0.1) is 17.6 Å². The zero-order valence-corrected chi connectivity index (χ0v) is 16.2. The van der Waals surface area contributed by atoms with Crippen LogP contribution in [-0.4, -0.2) is 16.9 Å². The van der Waals surface area contributed by atoms with E-state index in [2.05, 4.69) is 5.32 Å². The van der Waals surface area contributed by atoms with E-state index >= 15 is 0 Å². The lowest BCUT2D eigenvalue weighted by atomic mass is 10.0. The Hall–Kier alpha value is -1.92. The van der Waals surface area contributed by atoms with Gasteiger partial charge in [-0.1, -0.05) is 11.6 Å². The maximum Gasteiger partial charge on any atom is 0.255 e. The number of halogens is 3. The fourth-order valence-electron chi connectivity index (χ4n) is 3.11. The molecule has 2 aromatic carbocycles. The van der Waals surface area contributed by atoms with Crippen molar-refractivity contribution in [1.29, 1.82) is 0 Å². The van der Waals surface area contributed by atoms with Crippen LogP contribution in [0.3, 0.4) is 0 Å². The lowest BCUT2D eigenvalue weighted by Crippen LogP contribution is -2.12. The highest BCUT2D eigenvalue weighted by Crippen LogP contribution is 2.39. The minimum atomic E-state index is -0.574. The van der Waals surface area contributed by atoms with E-state index in [1.54, 1.807) is 6.92 Å². The van der Waals surface area contributed by atoms with Crippen LogP contribution in [0.2, 0.25) is 5.02 Å². The molecule has 2 unspecified atom stereocenters. The zero-order chi connectivity index (χ0) is 19.6. The Morgan fingerprint density at radius 3 is 2.52 bits per heavy atom. The van der Waals surface area contributed by atoms with E-state index in [1.165, 1.54) is 42.1 Å². The van der Waals surface area contributed by atoms with Gasteiger partial charge in [0.2, 0.25) is 0 Å². The molecule has 3 nitrogen and oxygen atoms in total. The molecule has 0 heterocycles. The zero-order valence-electron chi connectivity index (χ0n) is 14.6. The summed E-state index contributed by atoms with van der Waals surface area (Å²) in [5, 5.41) is 2.68. The number of carbonyl (C=O) groups excluding carboxylic acids is 2. The number of amides is 1. The predicted molar refractivity (Wildman–Crippen MR) is 103 cm³/mol. The average molecular weight is 410 g/mol. The Morgan fingerprint density at radius 1 is 1.11 bits per heavy atom. The minimum absolute atomic E-state index is 0.0419. The predicted octanol–water partition coefficient (Wildman–Crippen LogP) is 5.72. The van der Waals surface area contributed by atoms with Crippen LogP contribution >= 0.6 is 23.4 Å². The Balaban J connectivity index is 1.71. The summed E-state index contributed by atoms with van der Waals surface area (Å²) in [5.41, 5.74) is 0.644. The topological polar surface area (TPSA) is 46.2 Å². The first-order chi connectivity index (χ1) is 12.8.